The average Bonchev–Trinajstić information content (AvgIpc) is 3.07. The molecule has 0 saturated carbocycles. The molecule has 0 aliphatic rings. The molecule has 0 amide bonds. The largest absolute Gasteiger partial charge is 0.305 e. The van der Waals surface area contributed by atoms with Crippen LogP contribution < -0.4 is 5.32 Å². The molecular formula is C19H19Cl2NS. The predicted octanol–water partition coefficient (Wildman–Crippen LogP) is 5.90. The highest BCUT2D eigenvalue weighted by Crippen LogP contribution is 2.23. The molecule has 1 aromatic heterocycles. The molecule has 23 heavy (non-hydrogen) atoms. The van der Waals surface area contributed by atoms with Crippen molar-refractivity contribution in [1.29, 1.82) is 0 Å². The molecule has 3 rings (SSSR count). The average molecular weight is 364 g/mol. The van der Waals surface area contributed by atoms with Gasteiger partial charge in [-0.2, -0.15) is 0 Å². The Kier molecular flexibility index (Phi) is 7.13. The molecule has 4 heteroatoms. The van der Waals surface area contributed by atoms with Gasteiger partial charge in [0, 0.05) is 28.9 Å². The van der Waals surface area contributed by atoms with Crippen LogP contribution in [0.5, 0.6) is 0 Å². The molecule has 1 unspecified atom stereocenters. The van der Waals surface area contributed by atoms with Gasteiger partial charge in [-0.15, -0.1) is 23.7 Å². The van der Waals surface area contributed by atoms with Crippen molar-refractivity contribution in [3.63, 3.8) is 0 Å². The Hall–Kier alpha value is -1.32. The fraction of sp³-hybridized carbons (Fsp3) is 0.158. The third-order valence-electron chi connectivity index (χ3n) is 3.68. The van der Waals surface area contributed by atoms with Gasteiger partial charge in [-0.1, -0.05) is 66.2 Å². The Labute approximate surface area is 152 Å². The van der Waals surface area contributed by atoms with E-state index in [0.29, 0.717) is 0 Å². The van der Waals surface area contributed by atoms with Gasteiger partial charge in [0.15, 0.2) is 0 Å². The maximum absolute atomic E-state index is 6.26. The molecule has 3 aromatic rings. The van der Waals surface area contributed by atoms with Gasteiger partial charge in [0.1, 0.15) is 0 Å². The van der Waals surface area contributed by atoms with E-state index in [0.717, 1.165) is 23.6 Å². The summed E-state index contributed by atoms with van der Waals surface area (Å²) in [4.78, 5) is 1.39. The lowest BCUT2D eigenvalue weighted by atomic mass is 10.0. The van der Waals surface area contributed by atoms with Crippen LogP contribution in [-0.2, 0) is 13.0 Å². The van der Waals surface area contributed by atoms with Gasteiger partial charge < -0.3 is 5.32 Å². The monoisotopic (exact) mass is 363 g/mol. The summed E-state index contributed by atoms with van der Waals surface area (Å²) < 4.78 is 0. The molecule has 0 radical (unpaired) electrons. The summed E-state index contributed by atoms with van der Waals surface area (Å²) in [5, 5.41) is 6.60. The van der Waals surface area contributed by atoms with Gasteiger partial charge in [0.05, 0.1) is 0 Å². The van der Waals surface area contributed by atoms with Gasteiger partial charge in [0.25, 0.3) is 0 Å². The van der Waals surface area contributed by atoms with Crippen LogP contribution in [0.15, 0.2) is 72.1 Å². The van der Waals surface area contributed by atoms with Crippen LogP contribution in [0.3, 0.4) is 0 Å². The number of hydrogen-bond acceptors (Lipinski definition) is 2. The number of halogens is 2. The predicted molar refractivity (Wildman–Crippen MR) is 103 cm³/mol. The summed E-state index contributed by atoms with van der Waals surface area (Å²) in [6.07, 6.45) is 0.992. The number of nitrogens with one attached hydrogen (secondary N) is 1. The highest BCUT2D eigenvalue weighted by atomic mass is 35.5. The third kappa shape index (κ3) is 5.08. The van der Waals surface area contributed by atoms with E-state index in [-0.39, 0.29) is 18.4 Å². The number of thiophene rings is 1. The van der Waals surface area contributed by atoms with E-state index in [1.165, 1.54) is 10.4 Å². The molecule has 1 heterocycles. The highest BCUT2D eigenvalue weighted by molar-refractivity contribution is 7.09. The van der Waals surface area contributed by atoms with Crippen LogP contribution in [0.1, 0.15) is 22.0 Å². The minimum absolute atomic E-state index is 0. The second kappa shape index (κ2) is 9.09. The standard InChI is InChI=1S/C19H18ClNS.ClH/c20-18-11-5-4-9-16(18)14-21-19(13-17-10-6-12-22-17)15-7-2-1-3-8-15;/h1-12,19,21H,13-14H2;1H. The molecule has 0 fully saturated rings. The van der Waals surface area contributed by atoms with Gasteiger partial charge in [-0.05, 0) is 28.6 Å². The molecular weight excluding hydrogens is 345 g/mol. The minimum atomic E-state index is 0. The summed E-state index contributed by atoms with van der Waals surface area (Å²) in [5.41, 5.74) is 2.44. The molecule has 2 aromatic carbocycles. The lowest BCUT2D eigenvalue weighted by Gasteiger charge is -2.19. The lowest BCUT2D eigenvalue weighted by Crippen LogP contribution is -2.22. The summed E-state index contributed by atoms with van der Waals surface area (Å²) in [6, 6.07) is 23.2. The van der Waals surface area contributed by atoms with E-state index in [1.54, 1.807) is 11.3 Å². The maximum atomic E-state index is 6.26. The van der Waals surface area contributed by atoms with Crippen molar-refractivity contribution < 1.29 is 0 Å². The van der Waals surface area contributed by atoms with E-state index < -0.39 is 0 Å². The quantitative estimate of drug-likeness (QED) is 0.574. The van der Waals surface area contributed by atoms with E-state index >= 15 is 0 Å². The highest BCUT2D eigenvalue weighted by Gasteiger charge is 2.13. The molecule has 0 spiro atoms. The Bertz CT molecular complexity index is 698. The van der Waals surface area contributed by atoms with Gasteiger partial charge in [0.2, 0.25) is 0 Å². The maximum Gasteiger partial charge on any atom is 0.0450 e. The van der Waals surface area contributed by atoms with Crippen LogP contribution in [0, 0.1) is 0 Å². The summed E-state index contributed by atoms with van der Waals surface area (Å²) in [6.45, 7) is 0.768. The molecule has 1 atom stereocenters. The topological polar surface area (TPSA) is 12.0 Å². The lowest BCUT2D eigenvalue weighted by molar-refractivity contribution is 0.533. The zero-order valence-corrected chi connectivity index (χ0v) is 15.0. The van der Waals surface area contributed by atoms with Crippen LogP contribution in [-0.4, -0.2) is 0 Å². The van der Waals surface area contributed by atoms with Crippen LogP contribution in [0.2, 0.25) is 5.02 Å². The van der Waals surface area contributed by atoms with Gasteiger partial charge >= 0.3 is 0 Å². The molecule has 1 N–H and O–H groups in total. The van der Waals surface area contributed by atoms with Crippen molar-refractivity contribution in [1.82, 2.24) is 5.32 Å². The molecule has 0 aliphatic carbocycles. The second-order valence-corrected chi connectivity index (χ2v) is 6.66. The zero-order chi connectivity index (χ0) is 15.2. The number of hydrogen-bond donors (Lipinski definition) is 1. The Morgan fingerprint density at radius 1 is 0.913 bits per heavy atom. The summed E-state index contributed by atoms with van der Waals surface area (Å²) in [7, 11) is 0. The molecule has 1 nitrogen and oxygen atoms in total. The van der Waals surface area contributed by atoms with E-state index in [9.17, 15) is 0 Å². The van der Waals surface area contributed by atoms with Crippen molar-refractivity contribution in [2.24, 2.45) is 0 Å². The van der Waals surface area contributed by atoms with Crippen molar-refractivity contribution in [2.45, 2.75) is 19.0 Å². The fourth-order valence-corrected chi connectivity index (χ4v) is 3.45. The van der Waals surface area contributed by atoms with E-state index in [1.807, 2.05) is 18.2 Å². The second-order valence-electron chi connectivity index (χ2n) is 5.22. The van der Waals surface area contributed by atoms with Gasteiger partial charge in [-0.25, -0.2) is 0 Å². The summed E-state index contributed by atoms with van der Waals surface area (Å²) in [5.74, 6) is 0. The van der Waals surface area contributed by atoms with E-state index in [2.05, 4.69) is 59.2 Å². The first-order valence-electron chi connectivity index (χ1n) is 7.37. The molecule has 120 valence electrons. The first kappa shape index (κ1) is 18.0. The fourth-order valence-electron chi connectivity index (χ4n) is 2.50. The van der Waals surface area contributed by atoms with Crippen molar-refractivity contribution in [2.75, 3.05) is 0 Å². The van der Waals surface area contributed by atoms with Crippen LogP contribution in [0.25, 0.3) is 0 Å². The van der Waals surface area contributed by atoms with E-state index in [4.69, 9.17) is 11.6 Å². The van der Waals surface area contributed by atoms with Crippen LogP contribution >= 0.6 is 35.3 Å². The Morgan fingerprint density at radius 3 is 2.35 bits per heavy atom. The Balaban J connectivity index is 0.00000192. The summed E-state index contributed by atoms with van der Waals surface area (Å²) >= 11 is 8.06. The van der Waals surface area contributed by atoms with Crippen LogP contribution in [0.4, 0.5) is 0 Å². The first-order chi connectivity index (χ1) is 10.8. The van der Waals surface area contributed by atoms with Crippen molar-refractivity contribution >= 4 is 35.3 Å². The zero-order valence-electron chi connectivity index (χ0n) is 12.6. The first-order valence-corrected chi connectivity index (χ1v) is 8.63. The molecule has 0 saturated heterocycles. The van der Waals surface area contributed by atoms with Crippen molar-refractivity contribution in [3.05, 3.63) is 93.1 Å². The Morgan fingerprint density at radius 2 is 1.65 bits per heavy atom. The minimum Gasteiger partial charge on any atom is -0.305 e. The number of rotatable bonds is 6. The number of benzene rings is 2. The van der Waals surface area contributed by atoms with Gasteiger partial charge in [-0.3, -0.25) is 0 Å². The SMILES string of the molecule is Cl.Clc1ccccc1CNC(Cc1cccs1)c1ccccc1. The smallest absolute Gasteiger partial charge is 0.0450 e. The van der Waals surface area contributed by atoms with Crippen molar-refractivity contribution in [3.8, 4) is 0 Å². The normalized spacial score (nSPS) is 11.7. The molecule has 0 aliphatic heterocycles. The molecule has 0 bridgehead atoms. The third-order valence-corrected chi connectivity index (χ3v) is 4.95.